The zero-order chi connectivity index (χ0) is 25.9. The monoisotopic (exact) mass is 524 g/mol. The number of benzene rings is 3. The summed E-state index contributed by atoms with van der Waals surface area (Å²) in [6.45, 7) is 2.47. The van der Waals surface area contributed by atoms with E-state index in [1.165, 1.54) is 12.3 Å². The van der Waals surface area contributed by atoms with Gasteiger partial charge in [-0.3, -0.25) is 9.59 Å². The fraction of sp³-hybridized carbons (Fsp3) is 0.154. The van der Waals surface area contributed by atoms with E-state index in [2.05, 4.69) is 21.9 Å². The first-order valence-electron chi connectivity index (χ1n) is 10.8. The number of carbonyl (C=O) groups excluding carboxylic acids is 2. The molecule has 36 heavy (non-hydrogen) atoms. The van der Waals surface area contributed by atoms with Gasteiger partial charge >= 0.3 is 0 Å². The van der Waals surface area contributed by atoms with E-state index < -0.39 is 18.2 Å². The average Bonchev–Trinajstić information content (AvgIpc) is 2.86. The van der Waals surface area contributed by atoms with Crippen LogP contribution in [0.3, 0.4) is 0 Å². The molecule has 0 saturated heterocycles. The maximum atomic E-state index is 12.1. The summed E-state index contributed by atoms with van der Waals surface area (Å²) < 4.78 is 11.5. The minimum Gasteiger partial charge on any atom is -0.490 e. The highest BCUT2D eigenvalue weighted by Gasteiger charge is 2.11. The lowest BCUT2D eigenvalue weighted by molar-refractivity contribution is -0.126. The van der Waals surface area contributed by atoms with Crippen molar-refractivity contribution in [3.05, 3.63) is 87.4 Å². The maximum absolute atomic E-state index is 12.1. The van der Waals surface area contributed by atoms with Gasteiger partial charge in [0.1, 0.15) is 13.0 Å². The predicted molar refractivity (Wildman–Crippen MR) is 139 cm³/mol. The summed E-state index contributed by atoms with van der Waals surface area (Å²) >= 11 is 11.8. The van der Waals surface area contributed by atoms with Gasteiger partial charge in [-0.2, -0.15) is 10.4 Å². The molecule has 0 aromatic heterocycles. The van der Waals surface area contributed by atoms with Gasteiger partial charge in [-0.1, -0.05) is 41.4 Å². The van der Waals surface area contributed by atoms with Crippen molar-refractivity contribution >= 4 is 46.9 Å². The Hall–Kier alpha value is -4.06. The number of nitrogens with zero attached hydrogens (tertiary/aromatic N) is 2. The summed E-state index contributed by atoms with van der Waals surface area (Å²) in [5.74, 6) is -0.128. The van der Waals surface area contributed by atoms with E-state index >= 15 is 0 Å². The van der Waals surface area contributed by atoms with Crippen molar-refractivity contribution in [1.29, 1.82) is 5.26 Å². The first-order valence-corrected chi connectivity index (χ1v) is 11.6. The SMILES string of the molecule is CCOc1cc(C=NNC(=O)CC(=O)Nc2ccc(Cl)c(Cl)c2)ccc1OCc1ccccc1C#N. The number of anilines is 1. The molecule has 0 unspecified atom stereocenters. The Morgan fingerprint density at radius 2 is 1.81 bits per heavy atom. The Balaban J connectivity index is 1.56. The first-order chi connectivity index (χ1) is 17.4. The van der Waals surface area contributed by atoms with Crippen LogP contribution >= 0.6 is 23.2 Å². The van der Waals surface area contributed by atoms with E-state index in [-0.39, 0.29) is 6.61 Å². The Morgan fingerprint density at radius 1 is 1.00 bits per heavy atom. The molecule has 3 rings (SSSR count). The van der Waals surface area contributed by atoms with Crippen LogP contribution in [0.4, 0.5) is 5.69 Å². The third-order valence-electron chi connectivity index (χ3n) is 4.72. The Labute approximate surface area is 218 Å². The lowest BCUT2D eigenvalue weighted by Gasteiger charge is -2.13. The Morgan fingerprint density at radius 3 is 2.56 bits per heavy atom. The van der Waals surface area contributed by atoms with E-state index in [0.29, 0.717) is 45.0 Å². The molecule has 3 aromatic rings. The number of nitriles is 1. The lowest BCUT2D eigenvalue weighted by atomic mass is 10.1. The van der Waals surface area contributed by atoms with Crippen molar-refractivity contribution in [2.75, 3.05) is 11.9 Å². The minimum atomic E-state index is -0.593. The number of halogens is 2. The predicted octanol–water partition coefficient (Wildman–Crippen LogP) is 5.32. The molecule has 2 N–H and O–H groups in total. The van der Waals surface area contributed by atoms with E-state index in [4.69, 9.17) is 32.7 Å². The van der Waals surface area contributed by atoms with Crippen LogP contribution in [0.25, 0.3) is 0 Å². The highest BCUT2D eigenvalue weighted by Crippen LogP contribution is 2.29. The Bertz CT molecular complexity index is 1320. The molecule has 0 bridgehead atoms. The van der Waals surface area contributed by atoms with Gasteiger partial charge in [-0.05, 0) is 55.0 Å². The quantitative estimate of drug-likeness (QED) is 0.211. The van der Waals surface area contributed by atoms with Crippen LogP contribution < -0.4 is 20.2 Å². The number of ether oxygens (including phenoxy) is 2. The zero-order valence-corrected chi connectivity index (χ0v) is 20.8. The smallest absolute Gasteiger partial charge is 0.249 e. The topological polar surface area (TPSA) is 113 Å². The number of nitrogens with one attached hydrogen (secondary N) is 2. The van der Waals surface area contributed by atoms with Crippen LogP contribution in [0.2, 0.25) is 10.0 Å². The number of hydrogen-bond acceptors (Lipinski definition) is 6. The summed E-state index contributed by atoms with van der Waals surface area (Å²) in [4.78, 5) is 24.1. The molecular formula is C26H22Cl2N4O4. The van der Waals surface area contributed by atoms with Gasteiger partial charge in [0.15, 0.2) is 11.5 Å². The van der Waals surface area contributed by atoms with Crippen molar-refractivity contribution in [1.82, 2.24) is 5.43 Å². The van der Waals surface area contributed by atoms with E-state index in [9.17, 15) is 14.9 Å². The van der Waals surface area contributed by atoms with Gasteiger partial charge in [0.05, 0.1) is 34.5 Å². The average molecular weight is 525 g/mol. The molecule has 2 amide bonds. The zero-order valence-electron chi connectivity index (χ0n) is 19.3. The van der Waals surface area contributed by atoms with Crippen LogP contribution in [0, 0.1) is 11.3 Å². The number of rotatable bonds is 10. The summed E-state index contributed by atoms with van der Waals surface area (Å²) in [5.41, 5.74) is 4.68. The molecule has 184 valence electrons. The largest absolute Gasteiger partial charge is 0.490 e. The molecule has 3 aromatic carbocycles. The van der Waals surface area contributed by atoms with E-state index in [1.807, 2.05) is 19.1 Å². The van der Waals surface area contributed by atoms with Gasteiger partial charge in [-0.15, -0.1) is 0 Å². The summed E-state index contributed by atoms with van der Waals surface area (Å²) in [6, 6.07) is 19.1. The third kappa shape index (κ3) is 7.73. The van der Waals surface area contributed by atoms with Gasteiger partial charge in [0, 0.05) is 11.3 Å². The van der Waals surface area contributed by atoms with Crippen molar-refractivity contribution in [2.45, 2.75) is 20.0 Å². The summed E-state index contributed by atoms with van der Waals surface area (Å²) in [6.07, 6.45) is 0.991. The van der Waals surface area contributed by atoms with Gasteiger partial charge < -0.3 is 14.8 Å². The molecule has 0 aliphatic rings. The molecule has 10 heteroatoms. The molecule has 0 aliphatic carbocycles. The molecule has 8 nitrogen and oxygen atoms in total. The van der Waals surface area contributed by atoms with Crippen molar-refractivity contribution < 1.29 is 19.1 Å². The fourth-order valence-corrected chi connectivity index (χ4v) is 3.34. The van der Waals surface area contributed by atoms with Crippen LogP contribution in [0.1, 0.15) is 30.0 Å². The second-order valence-corrected chi connectivity index (χ2v) is 8.16. The van der Waals surface area contributed by atoms with Crippen LogP contribution in [0.5, 0.6) is 11.5 Å². The molecule has 0 spiro atoms. The van der Waals surface area contributed by atoms with Crippen LogP contribution in [0.15, 0.2) is 65.8 Å². The highest BCUT2D eigenvalue weighted by atomic mass is 35.5. The second-order valence-electron chi connectivity index (χ2n) is 7.34. The van der Waals surface area contributed by atoms with Gasteiger partial charge in [0.25, 0.3) is 0 Å². The number of hydrogen-bond donors (Lipinski definition) is 2. The standard InChI is InChI=1S/C26H22Cl2N4O4/c1-2-35-24-11-17(7-10-23(24)36-16-19-6-4-3-5-18(19)14-29)15-30-32-26(34)13-25(33)31-20-8-9-21(27)22(28)12-20/h3-12,15H,2,13,16H2,1H3,(H,31,33)(H,32,34). The Kier molecular flexibility index (Phi) is 9.69. The normalized spacial score (nSPS) is 10.5. The molecule has 0 fully saturated rings. The molecule has 0 aliphatic heterocycles. The second kappa shape index (κ2) is 13.1. The molecule has 0 radical (unpaired) electrons. The van der Waals surface area contributed by atoms with Crippen molar-refractivity contribution in [3.8, 4) is 17.6 Å². The third-order valence-corrected chi connectivity index (χ3v) is 5.45. The number of amides is 2. The minimum absolute atomic E-state index is 0.206. The van der Waals surface area contributed by atoms with Gasteiger partial charge in [-0.25, -0.2) is 5.43 Å². The maximum Gasteiger partial charge on any atom is 0.249 e. The molecule has 0 atom stereocenters. The summed E-state index contributed by atoms with van der Waals surface area (Å²) in [7, 11) is 0. The van der Waals surface area contributed by atoms with Crippen LogP contribution in [-0.2, 0) is 16.2 Å². The fourth-order valence-electron chi connectivity index (χ4n) is 3.05. The molecule has 0 heterocycles. The molecular weight excluding hydrogens is 503 g/mol. The lowest BCUT2D eigenvalue weighted by Crippen LogP contribution is -2.24. The van der Waals surface area contributed by atoms with E-state index in [0.717, 1.165) is 5.56 Å². The van der Waals surface area contributed by atoms with Gasteiger partial charge in [0.2, 0.25) is 11.8 Å². The van der Waals surface area contributed by atoms with Crippen LogP contribution in [-0.4, -0.2) is 24.6 Å². The summed E-state index contributed by atoms with van der Waals surface area (Å²) in [5, 5.41) is 16.4. The first kappa shape index (κ1) is 26.5. The molecule has 0 saturated carbocycles. The number of carbonyl (C=O) groups is 2. The number of hydrazone groups is 1. The van der Waals surface area contributed by atoms with Crippen molar-refractivity contribution in [3.63, 3.8) is 0 Å². The van der Waals surface area contributed by atoms with Crippen molar-refractivity contribution in [2.24, 2.45) is 5.10 Å². The highest BCUT2D eigenvalue weighted by molar-refractivity contribution is 6.42. The van der Waals surface area contributed by atoms with E-state index in [1.54, 1.807) is 42.5 Å².